The van der Waals surface area contributed by atoms with Crippen LogP contribution in [-0.2, 0) is 13.6 Å². The number of rotatable bonds is 2. The number of nitrogens with two attached hydrogens (primary N) is 1. The molecule has 3 rings (SSSR count). The third kappa shape index (κ3) is 1.97. The summed E-state index contributed by atoms with van der Waals surface area (Å²) >= 11 is 6.04. The summed E-state index contributed by atoms with van der Waals surface area (Å²) in [6.07, 6.45) is 0. The van der Waals surface area contributed by atoms with Gasteiger partial charge in [-0.15, -0.1) is 0 Å². The number of hydrogen-bond donors (Lipinski definition) is 1. The lowest BCUT2D eigenvalue weighted by molar-refractivity contribution is 0.628. The lowest BCUT2D eigenvalue weighted by Crippen LogP contribution is -1.97. The minimum atomic E-state index is -0.445. The van der Waals surface area contributed by atoms with Gasteiger partial charge in [-0.05, 0) is 29.8 Å². The molecule has 1 aromatic heterocycles. The van der Waals surface area contributed by atoms with E-state index < -0.39 is 5.82 Å². The smallest absolute Gasteiger partial charge is 0.142 e. The number of fused-ring (bicyclic) bond motifs is 1. The predicted octanol–water partition coefficient (Wildman–Crippen LogP) is 3.49. The van der Waals surface area contributed by atoms with Gasteiger partial charge in [-0.25, -0.2) is 9.37 Å². The van der Waals surface area contributed by atoms with E-state index in [0.29, 0.717) is 17.9 Å². The Morgan fingerprint density at radius 1 is 1.30 bits per heavy atom. The van der Waals surface area contributed by atoms with Crippen molar-refractivity contribution in [1.82, 2.24) is 9.55 Å². The molecule has 1 heterocycles. The molecule has 0 saturated heterocycles. The van der Waals surface area contributed by atoms with Crippen molar-refractivity contribution in [1.29, 1.82) is 0 Å². The van der Waals surface area contributed by atoms with E-state index in [0.717, 1.165) is 16.6 Å². The number of imidazole rings is 1. The molecule has 0 atom stereocenters. The van der Waals surface area contributed by atoms with Gasteiger partial charge in [0.05, 0.1) is 16.1 Å². The zero-order valence-electron chi connectivity index (χ0n) is 10.9. The van der Waals surface area contributed by atoms with Gasteiger partial charge < -0.3 is 10.3 Å². The summed E-state index contributed by atoms with van der Waals surface area (Å²) in [5, 5.41) is 0.0879. The van der Waals surface area contributed by atoms with Gasteiger partial charge in [0, 0.05) is 19.2 Å². The minimum absolute atomic E-state index is 0.0879. The minimum Gasteiger partial charge on any atom is -0.327 e. The molecule has 2 aromatic carbocycles. The normalized spacial score (nSPS) is 11.2. The molecule has 0 saturated carbocycles. The van der Waals surface area contributed by atoms with E-state index in [1.807, 2.05) is 29.8 Å². The van der Waals surface area contributed by atoms with Gasteiger partial charge in [0.2, 0.25) is 0 Å². The number of aromatic nitrogens is 2. The van der Waals surface area contributed by atoms with Crippen molar-refractivity contribution in [2.45, 2.75) is 6.54 Å². The first-order valence-electron chi connectivity index (χ1n) is 6.21. The molecule has 5 heteroatoms. The van der Waals surface area contributed by atoms with E-state index in [1.54, 1.807) is 12.1 Å². The van der Waals surface area contributed by atoms with Crippen molar-refractivity contribution in [2.75, 3.05) is 0 Å². The van der Waals surface area contributed by atoms with Crippen molar-refractivity contribution < 1.29 is 4.39 Å². The SMILES string of the molecule is Cn1c(-c2cccc(F)c2Cl)nc2ccc(CN)cc21. The number of halogens is 2. The highest BCUT2D eigenvalue weighted by Gasteiger charge is 2.15. The summed E-state index contributed by atoms with van der Waals surface area (Å²) in [5.74, 6) is 0.192. The Morgan fingerprint density at radius 2 is 2.10 bits per heavy atom. The molecule has 3 nitrogen and oxygen atoms in total. The Balaban J connectivity index is 2.27. The zero-order valence-corrected chi connectivity index (χ0v) is 11.7. The molecule has 2 N–H and O–H groups in total. The van der Waals surface area contributed by atoms with E-state index in [4.69, 9.17) is 17.3 Å². The fourth-order valence-electron chi connectivity index (χ4n) is 2.28. The molecule has 20 heavy (non-hydrogen) atoms. The Hall–Kier alpha value is -1.91. The maximum atomic E-state index is 13.6. The lowest BCUT2D eigenvalue weighted by Gasteiger charge is -2.05. The summed E-state index contributed by atoms with van der Waals surface area (Å²) in [6, 6.07) is 10.6. The van der Waals surface area contributed by atoms with E-state index in [2.05, 4.69) is 4.98 Å². The second-order valence-electron chi connectivity index (χ2n) is 4.62. The van der Waals surface area contributed by atoms with Crippen LogP contribution in [0.2, 0.25) is 5.02 Å². The maximum Gasteiger partial charge on any atom is 0.142 e. The van der Waals surface area contributed by atoms with E-state index in [1.165, 1.54) is 6.07 Å². The average Bonchev–Trinajstić information content (AvgIpc) is 2.78. The molecule has 3 aromatic rings. The molecule has 0 fully saturated rings. The number of aryl methyl sites for hydroxylation is 1. The molecular weight excluding hydrogens is 277 g/mol. The van der Waals surface area contributed by atoms with Gasteiger partial charge in [-0.1, -0.05) is 23.7 Å². The van der Waals surface area contributed by atoms with Crippen molar-refractivity contribution >= 4 is 22.6 Å². The van der Waals surface area contributed by atoms with E-state index in [-0.39, 0.29) is 5.02 Å². The monoisotopic (exact) mass is 289 g/mol. The molecule has 0 spiro atoms. The topological polar surface area (TPSA) is 43.8 Å². The zero-order chi connectivity index (χ0) is 14.3. The number of nitrogens with zero attached hydrogens (tertiary/aromatic N) is 2. The van der Waals surface area contributed by atoms with Crippen LogP contribution in [0, 0.1) is 5.82 Å². The first kappa shape index (κ1) is 13.1. The largest absolute Gasteiger partial charge is 0.327 e. The van der Waals surface area contributed by atoms with Crippen molar-refractivity contribution in [3.63, 3.8) is 0 Å². The fourth-order valence-corrected chi connectivity index (χ4v) is 2.49. The quantitative estimate of drug-likeness (QED) is 0.785. The Labute approximate surface area is 120 Å². The van der Waals surface area contributed by atoms with Gasteiger partial charge in [0.25, 0.3) is 0 Å². The highest BCUT2D eigenvalue weighted by Crippen LogP contribution is 2.31. The van der Waals surface area contributed by atoms with E-state index >= 15 is 0 Å². The highest BCUT2D eigenvalue weighted by molar-refractivity contribution is 6.33. The van der Waals surface area contributed by atoms with Gasteiger partial charge in [-0.3, -0.25) is 0 Å². The molecule has 0 bridgehead atoms. The second-order valence-corrected chi connectivity index (χ2v) is 5.00. The maximum absolute atomic E-state index is 13.6. The van der Waals surface area contributed by atoms with Crippen molar-refractivity contribution in [2.24, 2.45) is 12.8 Å². The Morgan fingerprint density at radius 3 is 2.85 bits per heavy atom. The van der Waals surface area contributed by atoms with Crippen molar-refractivity contribution in [3.8, 4) is 11.4 Å². The van der Waals surface area contributed by atoms with Crippen LogP contribution < -0.4 is 5.73 Å². The Kier molecular flexibility index (Phi) is 3.20. The number of benzene rings is 2. The van der Waals surface area contributed by atoms with Crippen molar-refractivity contribution in [3.05, 3.63) is 52.8 Å². The van der Waals surface area contributed by atoms with Gasteiger partial charge in [0.15, 0.2) is 0 Å². The van der Waals surface area contributed by atoms with Crippen LogP contribution in [0.25, 0.3) is 22.4 Å². The number of hydrogen-bond acceptors (Lipinski definition) is 2. The van der Waals surface area contributed by atoms with Gasteiger partial charge >= 0.3 is 0 Å². The molecule has 0 amide bonds. The third-order valence-corrected chi connectivity index (χ3v) is 3.76. The van der Waals surface area contributed by atoms with Crippen LogP contribution >= 0.6 is 11.6 Å². The molecule has 0 aliphatic heterocycles. The van der Waals surface area contributed by atoms with Crippen LogP contribution in [0.5, 0.6) is 0 Å². The second kappa shape index (κ2) is 4.89. The molecule has 0 aliphatic carbocycles. The average molecular weight is 290 g/mol. The summed E-state index contributed by atoms with van der Waals surface area (Å²) in [7, 11) is 1.88. The first-order valence-corrected chi connectivity index (χ1v) is 6.59. The van der Waals surface area contributed by atoms with Crippen LogP contribution in [-0.4, -0.2) is 9.55 Å². The Bertz CT molecular complexity index is 795. The summed E-state index contributed by atoms with van der Waals surface area (Å²) < 4.78 is 15.5. The molecule has 0 radical (unpaired) electrons. The van der Waals surface area contributed by atoms with Crippen LogP contribution in [0.15, 0.2) is 36.4 Å². The van der Waals surface area contributed by atoms with Crippen LogP contribution in [0.3, 0.4) is 0 Å². The fraction of sp³-hybridized carbons (Fsp3) is 0.133. The molecule has 0 aliphatic rings. The first-order chi connectivity index (χ1) is 9.61. The van der Waals surface area contributed by atoms with Gasteiger partial charge in [0.1, 0.15) is 11.6 Å². The molecule has 0 unspecified atom stereocenters. The lowest BCUT2D eigenvalue weighted by atomic mass is 10.2. The molecule has 102 valence electrons. The molecular formula is C15H13ClFN3. The summed E-state index contributed by atoms with van der Waals surface area (Å²) in [6.45, 7) is 0.469. The summed E-state index contributed by atoms with van der Waals surface area (Å²) in [5.41, 5.74) is 9.04. The summed E-state index contributed by atoms with van der Waals surface area (Å²) in [4.78, 5) is 4.53. The highest BCUT2D eigenvalue weighted by atomic mass is 35.5. The van der Waals surface area contributed by atoms with E-state index in [9.17, 15) is 4.39 Å². The van der Waals surface area contributed by atoms with Crippen LogP contribution in [0.1, 0.15) is 5.56 Å². The standard InChI is InChI=1S/C15H13ClFN3/c1-20-13-7-9(8-18)5-6-12(13)19-15(20)10-3-2-4-11(17)14(10)16/h2-7H,8,18H2,1H3. The third-order valence-electron chi connectivity index (χ3n) is 3.37. The van der Waals surface area contributed by atoms with Crippen LogP contribution in [0.4, 0.5) is 4.39 Å². The van der Waals surface area contributed by atoms with Gasteiger partial charge in [-0.2, -0.15) is 0 Å². The predicted molar refractivity (Wildman–Crippen MR) is 79.0 cm³/mol.